The summed E-state index contributed by atoms with van der Waals surface area (Å²) in [5, 5.41) is 14.7. The fourth-order valence-corrected chi connectivity index (χ4v) is 3.17. The van der Waals surface area contributed by atoms with E-state index in [1.165, 1.54) is 45.7 Å². The summed E-state index contributed by atoms with van der Waals surface area (Å²) in [5.41, 5.74) is 3.87. The first kappa shape index (κ1) is 21.8. The Hall–Kier alpha value is -2.52. The van der Waals surface area contributed by atoms with Crippen LogP contribution in [0.1, 0.15) is 11.1 Å². The number of ether oxygens (including phenoxy) is 3. The number of hydrazone groups is 1. The van der Waals surface area contributed by atoms with Crippen LogP contribution >= 0.6 is 27.5 Å². The van der Waals surface area contributed by atoms with Gasteiger partial charge < -0.3 is 19.5 Å². The molecule has 0 atom stereocenters. The zero-order valence-electron chi connectivity index (χ0n) is 15.4. The maximum absolute atomic E-state index is 13.1. The number of methoxy groups -OCH3 is 3. The van der Waals surface area contributed by atoms with E-state index in [1.807, 2.05) is 6.07 Å². The molecule has 28 heavy (non-hydrogen) atoms. The summed E-state index contributed by atoms with van der Waals surface area (Å²) in [7, 11) is 4.58. The van der Waals surface area contributed by atoms with Gasteiger partial charge in [-0.05, 0) is 39.7 Å². The molecule has 0 saturated carbocycles. The van der Waals surface area contributed by atoms with E-state index in [-0.39, 0.29) is 17.5 Å². The highest BCUT2D eigenvalue weighted by Gasteiger charge is 2.19. The highest BCUT2D eigenvalue weighted by Crippen LogP contribution is 2.44. The van der Waals surface area contributed by atoms with Crippen LogP contribution in [0.5, 0.6) is 17.2 Å². The lowest BCUT2D eigenvalue weighted by Gasteiger charge is -2.18. The normalized spacial score (nSPS) is 10.6. The summed E-state index contributed by atoms with van der Waals surface area (Å²) in [6, 6.07) is 6.01. The molecule has 2 aromatic carbocycles. The molecule has 0 fully saturated rings. The maximum Gasteiger partial charge on any atom is 0.209 e. The lowest BCUT2D eigenvalue weighted by atomic mass is 10.1. The van der Waals surface area contributed by atoms with Gasteiger partial charge >= 0.3 is 0 Å². The Balaban J connectivity index is 2.03. The van der Waals surface area contributed by atoms with Crippen LogP contribution in [0.25, 0.3) is 0 Å². The van der Waals surface area contributed by atoms with Gasteiger partial charge in [0.1, 0.15) is 5.82 Å². The van der Waals surface area contributed by atoms with E-state index < -0.39 is 5.82 Å². The number of guanidine groups is 1. The number of rotatable bonds is 7. The predicted octanol–water partition coefficient (Wildman–Crippen LogP) is 3.92. The van der Waals surface area contributed by atoms with Gasteiger partial charge in [-0.3, -0.25) is 5.41 Å². The average molecular weight is 474 g/mol. The molecule has 0 aliphatic rings. The molecule has 0 aliphatic heterocycles. The molecule has 0 radical (unpaired) electrons. The first-order valence-electron chi connectivity index (χ1n) is 7.95. The largest absolute Gasteiger partial charge is 0.492 e. The molecule has 2 rings (SSSR count). The molecule has 0 unspecified atom stereocenters. The van der Waals surface area contributed by atoms with Crippen LogP contribution in [0.3, 0.4) is 0 Å². The molecular weight excluding hydrogens is 455 g/mol. The van der Waals surface area contributed by atoms with Crippen molar-refractivity contribution in [3.05, 3.63) is 50.7 Å². The number of hydrogen-bond donors (Lipinski definition) is 3. The van der Waals surface area contributed by atoms with Crippen molar-refractivity contribution in [3.63, 3.8) is 0 Å². The summed E-state index contributed by atoms with van der Waals surface area (Å²) in [4.78, 5) is 0. The van der Waals surface area contributed by atoms with Crippen LogP contribution < -0.4 is 25.0 Å². The van der Waals surface area contributed by atoms with Crippen LogP contribution in [0.2, 0.25) is 5.02 Å². The molecule has 3 N–H and O–H groups in total. The van der Waals surface area contributed by atoms with E-state index in [1.54, 1.807) is 0 Å². The number of nitrogens with one attached hydrogen (secondary N) is 3. The SMILES string of the molecule is COc1c(Br)cc(CNC(=N)NN=Cc2ccc(F)c(Cl)c2)c(OC)c1OC. The van der Waals surface area contributed by atoms with Crippen molar-refractivity contribution >= 4 is 39.7 Å². The molecule has 0 heterocycles. The fraction of sp³-hybridized carbons (Fsp3) is 0.222. The Bertz CT molecular complexity index is 896. The van der Waals surface area contributed by atoms with E-state index in [2.05, 4.69) is 31.8 Å². The summed E-state index contributed by atoms with van der Waals surface area (Å²) >= 11 is 9.14. The average Bonchev–Trinajstić information content (AvgIpc) is 2.68. The van der Waals surface area contributed by atoms with Crippen molar-refractivity contribution in [2.45, 2.75) is 6.54 Å². The molecule has 2 aromatic rings. The molecule has 10 heteroatoms. The van der Waals surface area contributed by atoms with Gasteiger partial charge in [-0.15, -0.1) is 0 Å². The highest BCUT2D eigenvalue weighted by molar-refractivity contribution is 9.10. The minimum Gasteiger partial charge on any atom is -0.492 e. The Morgan fingerprint density at radius 1 is 1.18 bits per heavy atom. The number of benzene rings is 2. The van der Waals surface area contributed by atoms with Gasteiger partial charge in [0.25, 0.3) is 0 Å². The topological polar surface area (TPSA) is 88.0 Å². The van der Waals surface area contributed by atoms with Crippen LogP contribution in [0.4, 0.5) is 4.39 Å². The minimum absolute atomic E-state index is 0.00303. The second kappa shape index (κ2) is 10.1. The third kappa shape index (κ3) is 5.26. The van der Waals surface area contributed by atoms with E-state index >= 15 is 0 Å². The van der Waals surface area contributed by atoms with Gasteiger partial charge in [-0.25, -0.2) is 9.82 Å². The van der Waals surface area contributed by atoms with E-state index in [0.29, 0.717) is 27.3 Å². The zero-order chi connectivity index (χ0) is 20.7. The van der Waals surface area contributed by atoms with Crippen LogP contribution in [0.15, 0.2) is 33.8 Å². The number of hydrogen-bond acceptors (Lipinski definition) is 5. The molecular formula is C18H19BrClFN4O3. The summed E-state index contributed by atoms with van der Waals surface area (Å²) in [6.45, 7) is 0.270. The molecule has 0 aliphatic carbocycles. The third-order valence-electron chi connectivity index (χ3n) is 3.62. The monoisotopic (exact) mass is 472 g/mol. The molecule has 150 valence electrons. The van der Waals surface area contributed by atoms with Crippen molar-refractivity contribution in [2.75, 3.05) is 21.3 Å². The minimum atomic E-state index is -0.504. The molecule has 0 aromatic heterocycles. The van der Waals surface area contributed by atoms with Gasteiger partial charge in [0.15, 0.2) is 11.5 Å². The zero-order valence-corrected chi connectivity index (χ0v) is 17.7. The van der Waals surface area contributed by atoms with Gasteiger partial charge in [-0.2, -0.15) is 5.10 Å². The Morgan fingerprint density at radius 2 is 1.86 bits per heavy atom. The summed E-state index contributed by atoms with van der Waals surface area (Å²) in [5.74, 6) is 0.904. The van der Waals surface area contributed by atoms with E-state index in [4.69, 9.17) is 31.2 Å². The van der Waals surface area contributed by atoms with Crippen LogP contribution in [-0.4, -0.2) is 33.5 Å². The summed E-state index contributed by atoms with van der Waals surface area (Å²) < 4.78 is 30.0. The van der Waals surface area contributed by atoms with Crippen LogP contribution in [-0.2, 0) is 6.54 Å². The van der Waals surface area contributed by atoms with Crippen molar-refractivity contribution in [1.29, 1.82) is 5.41 Å². The fourth-order valence-electron chi connectivity index (χ4n) is 2.36. The van der Waals surface area contributed by atoms with E-state index in [0.717, 1.165) is 5.56 Å². The van der Waals surface area contributed by atoms with Crippen molar-refractivity contribution in [2.24, 2.45) is 5.10 Å². The van der Waals surface area contributed by atoms with Crippen molar-refractivity contribution < 1.29 is 18.6 Å². The molecule has 7 nitrogen and oxygen atoms in total. The van der Waals surface area contributed by atoms with Gasteiger partial charge in [0, 0.05) is 12.1 Å². The quantitative estimate of drug-likeness (QED) is 0.322. The highest BCUT2D eigenvalue weighted by atomic mass is 79.9. The van der Waals surface area contributed by atoms with Gasteiger partial charge in [0.05, 0.1) is 37.0 Å². The van der Waals surface area contributed by atoms with E-state index in [9.17, 15) is 4.39 Å². The maximum atomic E-state index is 13.1. The second-order valence-corrected chi connectivity index (χ2v) is 6.65. The van der Waals surface area contributed by atoms with Crippen molar-refractivity contribution in [3.8, 4) is 17.2 Å². The number of nitrogens with zero attached hydrogens (tertiary/aromatic N) is 1. The van der Waals surface area contributed by atoms with Crippen LogP contribution in [0, 0.1) is 11.2 Å². The standard InChI is InChI=1S/C18H19BrClFN4O3/c1-26-15-11(7-12(19)16(27-2)17(15)28-3)9-23-18(22)25-24-8-10-4-5-14(21)13(20)6-10/h4-8H,9H2,1-3H3,(H3,22,23,25). The molecule has 0 bridgehead atoms. The molecule has 0 saturated heterocycles. The second-order valence-electron chi connectivity index (χ2n) is 5.39. The lowest BCUT2D eigenvalue weighted by molar-refractivity contribution is 0.320. The summed E-state index contributed by atoms with van der Waals surface area (Å²) in [6.07, 6.45) is 1.43. The lowest BCUT2D eigenvalue weighted by Crippen LogP contribution is -2.32. The molecule has 0 amide bonds. The van der Waals surface area contributed by atoms with Crippen molar-refractivity contribution in [1.82, 2.24) is 10.7 Å². The number of halogens is 3. The first-order valence-corrected chi connectivity index (χ1v) is 9.12. The Morgan fingerprint density at radius 3 is 2.46 bits per heavy atom. The predicted molar refractivity (Wildman–Crippen MR) is 111 cm³/mol. The smallest absolute Gasteiger partial charge is 0.209 e. The Labute approximate surface area is 175 Å². The van der Waals surface area contributed by atoms with Gasteiger partial charge in [-0.1, -0.05) is 17.7 Å². The Kier molecular flexibility index (Phi) is 7.89. The van der Waals surface area contributed by atoms with Gasteiger partial charge in [0.2, 0.25) is 11.7 Å². The third-order valence-corrected chi connectivity index (χ3v) is 4.50. The molecule has 0 spiro atoms. The first-order chi connectivity index (χ1) is 13.4.